The van der Waals surface area contributed by atoms with Crippen molar-refractivity contribution in [2.75, 3.05) is 44.2 Å². The van der Waals surface area contributed by atoms with Crippen molar-refractivity contribution in [3.05, 3.63) is 53.4 Å². The number of alkyl halides is 2. The fourth-order valence-electron chi connectivity index (χ4n) is 3.71. The Morgan fingerprint density at radius 3 is 2.76 bits per heavy atom. The molecule has 1 fully saturated rings. The molecule has 0 saturated carbocycles. The number of halogens is 2. The fraction of sp³-hybridized carbons (Fsp3) is 0.391. The van der Waals surface area contributed by atoms with E-state index in [1.54, 1.807) is 12.3 Å². The zero-order valence-corrected chi connectivity index (χ0v) is 22.0. The summed E-state index contributed by atoms with van der Waals surface area (Å²) in [6.45, 7) is 5.00. The lowest BCUT2D eigenvalue weighted by atomic mass is 10.1. The average molecular weight is 569 g/mol. The van der Waals surface area contributed by atoms with E-state index >= 15 is 0 Å². The summed E-state index contributed by atoms with van der Waals surface area (Å²) in [4.78, 5) is 28.6. The molecule has 1 aromatic carbocycles. The predicted octanol–water partition coefficient (Wildman–Crippen LogP) is 2.77. The highest BCUT2D eigenvalue weighted by Gasteiger charge is 2.26. The SMILES string of the molecule is CCOc1cncc(-c2cnc(C(=O)N[C@H](CN3CCOCC3)c3cccc(NS(=O)(=O)C(F)F)c3)s2)n1. The Morgan fingerprint density at radius 1 is 1.24 bits per heavy atom. The first-order valence-electron chi connectivity index (χ1n) is 11.7. The quantitative estimate of drug-likeness (QED) is 0.358. The molecule has 11 nitrogen and oxygen atoms in total. The van der Waals surface area contributed by atoms with Crippen LogP contribution < -0.4 is 14.8 Å². The summed E-state index contributed by atoms with van der Waals surface area (Å²) < 4.78 is 61.7. The monoisotopic (exact) mass is 568 g/mol. The van der Waals surface area contributed by atoms with Gasteiger partial charge in [0.05, 0.1) is 43.1 Å². The highest BCUT2D eigenvalue weighted by Crippen LogP contribution is 2.27. The van der Waals surface area contributed by atoms with Gasteiger partial charge in [0.15, 0.2) is 5.01 Å². The Kier molecular flexibility index (Phi) is 9.14. The van der Waals surface area contributed by atoms with Gasteiger partial charge in [0, 0.05) is 31.5 Å². The number of carbonyl (C=O) groups is 1. The first-order chi connectivity index (χ1) is 18.2. The van der Waals surface area contributed by atoms with Gasteiger partial charge in [-0.1, -0.05) is 12.1 Å². The predicted molar refractivity (Wildman–Crippen MR) is 137 cm³/mol. The zero-order valence-electron chi connectivity index (χ0n) is 20.3. The second kappa shape index (κ2) is 12.5. The molecule has 0 aliphatic carbocycles. The van der Waals surface area contributed by atoms with Crippen LogP contribution in [-0.2, 0) is 14.8 Å². The number of sulfonamides is 1. The lowest BCUT2D eigenvalue weighted by molar-refractivity contribution is 0.0332. The molecule has 0 radical (unpaired) electrons. The molecule has 4 rings (SSSR count). The Balaban J connectivity index is 1.55. The van der Waals surface area contributed by atoms with Crippen molar-refractivity contribution in [2.45, 2.75) is 18.7 Å². The summed E-state index contributed by atoms with van der Waals surface area (Å²) in [5.74, 6) is -3.67. The van der Waals surface area contributed by atoms with E-state index in [1.165, 1.54) is 30.6 Å². The molecule has 3 aromatic rings. The van der Waals surface area contributed by atoms with Crippen LogP contribution in [-0.4, -0.2) is 79.4 Å². The van der Waals surface area contributed by atoms with Crippen LogP contribution in [0.2, 0.25) is 0 Å². The molecule has 1 atom stereocenters. The van der Waals surface area contributed by atoms with Gasteiger partial charge >= 0.3 is 5.76 Å². The number of nitrogens with one attached hydrogen (secondary N) is 2. The average Bonchev–Trinajstić information content (AvgIpc) is 3.40. The molecular formula is C23H26F2N6O5S2. The van der Waals surface area contributed by atoms with Gasteiger partial charge in [0.25, 0.3) is 15.9 Å². The molecule has 1 aliphatic rings. The van der Waals surface area contributed by atoms with Crippen LogP contribution in [0.5, 0.6) is 5.88 Å². The van der Waals surface area contributed by atoms with Gasteiger partial charge in [0.2, 0.25) is 5.88 Å². The highest BCUT2D eigenvalue weighted by molar-refractivity contribution is 7.93. The first-order valence-corrected chi connectivity index (χ1v) is 14.0. The van der Waals surface area contributed by atoms with E-state index in [2.05, 4.69) is 25.2 Å². The largest absolute Gasteiger partial charge is 0.477 e. The minimum atomic E-state index is -4.84. The number of benzene rings is 1. The molecule has 2 N–H and O–H groups in total. The molecule has 204 valence electrons. The van der Waals surface area contributed by atoms with Crippen LogP contribution in [0.1, 0.15) is 28.3 Å². The Hall–Kier alpha value is -3.27. The molecule has 0 bridgehead atoms. The molecule has 1 amide bonds. The summed E-state index contributed by atoms with van der Waals surface area (Å²) in [5, 5.41) is 3.13. The standard InChI is InChI=1S/C23H26F2N6O5S2/c1-2-36-20-13-26-11-17(28-20)19-12-27-22(37-19)21(32)29-18(14-31-6-8-35-9-7-31)15-4-3-5-16(10-15)30-38(33,34)23(24)25/h3-5,10-13,18,23,30H,2,6-9,14H2,1H3,(H,29,32)/t18-/m1/s1. The smallest absolute Gasteiger partial charge is 0.355 e. The number of hydrogen-bond acceptors (Lipinski definition) is 10. The highest BCUT2D eigenvalue weighted by atomic mass is 32.2. The van der Waals surface area contributed by atoms with Crippen molar-refractivity contribution in [3.63, 3.8) is 0 Å². The number of anilines is 1. The first kappa shape index (κ1) is 27.8. The molecule has 38 heavy (non-hydrogen) atoms. The Morgan fingerprint density at radius 2 is 2.03 bits per heavy atom. The van der Waals surface area contributed by atoms with E-state index in [4.69, 9.17) is 9.47 Å². The topological polar surface area (TPSA) is 136 Å². The third kappa shape index (κ3) is 7.18. The number of ether oxygens (including phenoxy) is 2. The lowest BCUT2D eigenvalue weighted by Gasteiger charge is -2.31. The van der Waals surface area contributed by atoms with E-state index in [1.807, 2.05) is 11.6 Å². The summed E-state index contributed by atoms with van der Waals surface area (Å²) >= 11 is 1.13. The summed E-state index contributed by atoms with van der Waals surface area (Å²) in [6.07, 6.45) is 4.56. The maximum Gasteiger partial charge on any atom is 0.355 e. The second-order valence-corrected chi connectivity index (χ2v) is 10.9. The van der Waals surface area contributed by atoms with Gasteiger partial charge in [0.1, 0.15) is 5.69 Å². The van der Waals surface area contributed by atoms with Crippen LogP contribution in [0.25, 0.3) is 10.6 Å². The van der Waals surface area contributed by atoms with E-state index < -0.39 is 27.7 Å². The number of amides is 1. The molecule has 3 heterocycles. The van der Waals surface area contributed by atoms with E-state index in [-0.39, 0.29) is 10.7 Å². The molecule has 1 aliphatic heterocycles. The Labute approximate surface area is 222 Å². The molecule has 2 aromatic heterocycles. The minimum Gasteiger partial charge on any atom is -0.477 e. The zero-order chi connectivity index (χ0) is 27.1. The molecule has 15 heteroatoms. The maximum absolute atomic E-state index is 13.2. The number of aromatic nitrogens is 3. The van der Waals surface area contributed by atoms with E-state index in [0.717, 1.165) is 11.3 Å². The molecule has 0 spiro atoms. The van der Waals surface area contributed by atoms with Crippen molar-refractivity contribution in [1.29, 1.82) is 0 Å². The van der Waals surface area contributed by atoms with Gasteiger partial charge in [-0.15, -0.1) is 11.3 Å². The molecular weight excluding hydrogens is 542 g/mol. The van der Waals surface area contributed by atoms with E-state index in [0.29, 0.717) is 61.5 Å². The van der Waals surface area contributed by atoms with Crippen molar-refractivity contribution in [2.24, 2.45) is 0 Å². The van der Waals surface area contributed by atoms with Gasteiger partial charge in [-0.2, -0.15) is 8.78 Å². The van der Waals surface area contributed by atoms with E-state index in [9.17, 15) is 22.0 Å². The fourth-order valence-corrected chi connectivity index (χ4v) is 5.02. The van der Waals surface area contributed by atoms with Gasteiger partial charge in [-0.3, -0.25) is 19.4 Å². The van der Waals surface area contributed by atoms with Gasteiger partial charge in [-0.05, 0) is 24.6 Å². The number of nitrogens with zero attached hydrogens (tertiary/aromatic N) is 4. The molecule has 1 saturated heterocycles. The number of rotatable bonds is 11. The summed E-state index contributed by atoms with van der Waals surface area (Å²) in [6, 6.07) is 5.41. The van der Waals surface area contributed by atoms with Crippen LogP contribution in [0.4, 0.5) is 14.5 Å². The minimum absolute atomic E-state index is 0.0340. The Bertz CT molecular complexity index is 1350. The number of morpholine rings is 1. The van der Waals surface area contributed by atoms with Crippen LogP contribution in [0.15, 0.2) is 42.9 Å². The van der Waals surface area contributed by atoms with Crippen LogP contribution >= 0.6 is 11.3 Å². The summed E-state index contributed by atoms with van der Waals surface area (Å²) in [5.41, 5.74) is 1.01. The van der Waals surface area contributed by atoms with Crippen molar-refractivity contribution >= 4 is 33.0 Å². The van der Waals surface area contributed by atoms with Crippen LogP contribution in [0, 0.1) is 0 Å². The van der Waals surface area contributed by atoms with Gasteiger partial charge in [-0.25, -0.2) is 18.4 Å². The normalized spacial score (nSPS) is 15.3. The third-order valence-electron chi connectivity index (χ3n) is 5.49. The van der Waals surface area contributed by atoms with Crippen molar-refractivity contribution in [1.82, 2.24) is 25.2 Å². The maximum atomic E-state index is 13.2. The van der Waals surface area contributed by atoms with Crippen molar-refractivity contribution < 1.29 is 31.5 Å². The van der Waals surface area contributed by atoms with Crippen molar-refractivity contribution in [3.8, 4) is 16.5 Å². The number of thiazole rings is 1. The number of hydrogen-bond donors (Lipinski definition) is 2. The van der Waals surface area contributed by atoms with Gasteiger partial charge < -0.3 is 14.8 Å². The number of carbonyl (C=O) groups excluding carboxylic acids is 1. The van der Waals surface area contributed by atoms with Crippen LogP contribution in [0.3, 0.4) is 0 Å². The lowest BCUT2D eigenvalue weighted by Crippen LogP contribution is -2.43. The second-order valence-electron chi connectivity index (χ2n) is 8.18. The third-order valence-corrected chi connectivity index (χ3v) is 7.50. The summed E-state index contributed by atoms with van der Waals surface area (Å²) in [7, 11) is -4.84. The molecule has 0 unspecified atom stereocenters.